The Bertz CT molecular complexity index is 587. The first-order chi connectivity index (χ1) is 11.7. The summed E-state index contributed by atoms with van der Waals surface area (Å²) in [5.41, 5.74) is 8.66. The molecule has 0 amide bonds. The Morgan fingerprint density at radius 2 is 1.25 bits per heavy atom. The number of rotatable bonds is 6. The molecule has 1 fully saturated rings. The summed E-state index contributed by atoms with van der Waals surface area (Å²) in [5.74, 6) is 0.239. The molecule has 0 radical (unpaired) electrons. The van der Waals surface area contributed by atoms with Crippen LogP contribution in [0.15, 0.2) is 60.7 Å². The molecule has 2 atom stereocenters. The molecule has 1 saturated heterocycles. The zero-order valence-corrected chi connectivity index (χ0v) is 14.2. The lowest BCUT2D eigenvalue weighted by Crippen LogP contribution is -2.45. The first kappa shape index (κ1) is 16.6. The van der Waals surface area contributed by atoms with E-state index >= 15 is 0 Å². The van der Waals surface area contributed by atoms with Gasteiger partial charge in [0.25, 0.3) is 0 Å². The average Bonchev–Trinajstić information content (AvgIpc) is 3.03. The molecule has 0 saturated carbocycles. The maximum Gasteiger partial charge on any atom is 0.188 e. The fourth-order valence-electron chi connectivity index (χ4n) is 3.88. The molecule has 1 heterocycles. The lowest BCUT2D eigenvalue weighted by molar-refractivity contribution is 0.284. The van der Waals surface area contributed by atoms with Crippen molar-refractivity contribution >= 4 is 5.96 Å². The second-order valence-corrected chi connectivity index (χ2v) is 6.73. The van der Waals surface area contributed by atoms with Crippen LogP contribution in [-0.2, 0) is 12.8 Å². The minimum Gasteiger partial charge on any atom is -0.370 e. The predicted molar refractivity (Wildman–Crippen MR) is 100 cm³/mol. The van der Waals surface area contributed by atoms with E-state index in [1.807, 2.05) is 0 Å². The minimum atomic E-state index is 0.239. The lowest BCUT2D eigenvalue weighted by Gasteiger charge is -2.31. The summed E-state index contributed by atoms with van der Waals surface area (Å²) in [6, 6.07) is 22.0. The van der Waals surface area contributed by atoms with Crippen LogP contribution in [0.2, 0.25) is 0 Å². The Hall–Kier alpha value is -2.29. The molecule has 1 aliphatic heterocycles. The van der Waals surface area contributed by atoms with Crippen LogP contribution in [0.4, 0.5) is 0 Å². The summed E-state index contributed by atoms with van der Waals surface area (Å²) < 4.78 is 0. The highest BCUT2D eigenvalue weighted by molar-refractivity contribution is 5.75. The number of likely N-dealkylation sites (tertiary alicyclic amines) is 1. The maximum absolute atomic E-state index is 8.02. The number of hydrogen-bond donors (Lipinski definition) is 2. The lowest BCUT2D eigenvalue weighted by atomic mass is 10.0. The molecule has 0 bridgehead atoms. The van der Waals surface area contributed by atoms with E-state index in [9.17, 15) is 0 Å². The molecule has 3 rings (SSSR count). The van der Waals surface area contributed by atoms with Gasteiger partial charge in [0, 0.05) is 12.1 Å². The number of guanidine groups is 1. The molecule has 3 N–H and O–H groups in total. The van der Waals surface area contributed by atoms with Crippen LogP contribution in [0.5, 0.6) is 0 Å². The Balaban J connectivity index is 1.57. The second kappa shape index (κ2) is 8.00. The molecule has 1 aliphatic rings. The molecular weight excluding hydrogens is 294 g/mol. The van der Waals surface area contributed by atoms with Crippen LogP contribution in [0.25, 0.3) is 0 Å². The molecule has 0 aromatic heterocycles. The quantitative estimate of drug-likeness (QED) is 0.624. The predicted octanol–water partition coefficient (Wildman–Crippen LogP) is 3.98. The van der Waals surface area contributed by atoms with E-state index in [2.05, 4.69) is 65.6 Å². The van der Waals surface area contributed by atoms with Crippen molar-refractivity contribution in [2.75, 3.05) is 0 Å². The number of nitrogens with zero attached hydrogens (tertiary/aromatic N) is 1. The van der Waals surface area contributed by atoms with Gasteiger partial charge in [0.1, 0.15) is 0 Å². The third-order valence-corrected chi connectivity index (χ3v) is 5.12. The zero-order valence-electron chi connectivity index (χ0n) is 14.2. The van der Waals surface area contributed by atoms with E-state index in [0.717, 1.165) is 38.5 Å². The highest BCUT2D eigenvalue weighted by Crippen LogP contribution is 2.29. The Labute approximate surface area is 145 Å². The van der Waals surface area contributed by atoms with Crippen molar-refractivity contribution in [3.63, 3.8) is 0 Å². The van der Waals surface area contributed by atoms with Gasteiger partial charge >= 0.3 is 0 Å². The fraction of sp³-hybridized carbons (Fsp3) is 0.381. The SMILES string of the molecule is N=C(N)N1C(CCc2ccccc2)CCC1CCc1ccccc1. The number of nitrogens with one attached hydrogen (secondary N) is 1. The zero-order chi connectivity index (χ0) is 16.8. The molecule has 0 spiro atoms. The first-order valence-corrected chi connectivity index (χ1v) is 8.94. The third kappa shape index (κ3) is 4.16. The van der Waals surface area contributed by atoms with E-state index in [-0.39, 0.29) is 5.96 Å². The van der Waals surface area contributed by atoms with Gasteiger partial charge in [0.05, 0.1) is 0 Å². The van der Waals surface area contributed by atoms with Crippen molar-refractivity contribution in [1.29, 1.82) is 5.41 Å². The van der Waals surface area contributed by atoms with Crippen LogP contribution in [0.1, 0.15) is 36.8 Å². The van der Waals surface area contributed by atoms with Gasteiger partial charge in [-0.1, -0.05) is 60.7 Å². The Morgan fingerprint density at radius 1 is 0.833 bits per heavy atom. The summed E-state index contributed by atoms with van der Waals surface area (Å²) >= 11 is 0. The normalized spacial score (nSPS) is 20.2. The van der Waals surface area contributed by atoms with Crippen molar-refractivity contribution in [2.45, 2.75) is 50.6 Å². The summed E-state index contributed by atoms with van der Waals surface area (Å²) in [7, 11) is 0. The maximum atomic E-state index is 8.02. The molecule has 0 aliphatic carbocycles. The van der Waals surface area contributed by atoms with Gasteiger partial charge in [0.15, 0.2) is 5.96 Å². The van der Waals surface area contributed by atoms with Crippen LogP contribution >= 0.6 is 0 Å². The van der Waals surface area contributed by atoms with Crippen LogP contribution in [-0.4, -0.2) is 22.9 Å². The van der Waals surface area contributed by atoms with E-state index < -0.39 is 0 Å². The second-order valence-electron chi connectivity index (χ2n) is 6.73. The molecule has 3 heteroatoms. The minimum absolute atomic E-state index is 0.239. The standard InChI is InChI=1S/C21H27N3/c22-21(23)24-19(13-11-17-7-3-1-4-8-17)15-16-20(24)14-12-18-9-5-2-6-10-18/h1-10,19-20H,11-16H2,(H3,22,23). The summed E-state index contributed by atoms with van der Waals surface area (Å²) in [6.07, 6.45) is 6.55. The number of nitrogens with two attached hydrogens (primary N) is 1. The molecule has 3 nitrogen and oxygen atoms in total. The van der Waals surface area contributed by atoms with Gasteiger partial charge < -0.3 is 10.6 Å². The first-order valence-electron chi connectivity index (χ1n) is 8.94. The topological polar surface area (TPSA) is 53.1 Å². The average molecular weight is 321 g/mol. The molecule has 2 aromatic rings. The van der Waals surface area contributed by atoms with Gasteiger partial charge in [-0.05, 0) is 49.7 Å². The smallest absolute Gasteiger partial charge is 0.188 e. The van der Waals surface area contributed by atoms with Gasteiger partial charge in [-0.2, -0.15) is 0 Å². The summed E-state index contributed by atoms with van der Waals surface area (Å²) in [5, 5.41) is 8.02. The van der Waals surface area contributed by atoms with Crippen LogP contribution in [0, 0.1) is 5.41 Å². The van der Waals surface area contributed by atoms with Crippen molar-refractivity contribution in [2.24, 2.45) is 5.73 Å². The summed E-state index contributed by atoms with van der Waals surface area (Å²) in [6.45, 7) is 0. The Kier molecular flexibility index (Phi) is 5.52. The van der Waals surface area contributed by atoms with Crippen molar-refractivity contribution in [3.05, 3.63) is 71.8 Å². The Morgan fingerprint density at radius 3 is 1.62 bits per heavy atom. The molecular formula is C21H27N3. The highest BCUT2D eigenvalue weighted by Gasteiger charge is 2.33. The number of benzene rings is 2. The molecule has 24 heavy (non-hydrogen) atoms. The molecule has 2 unspecified atom stereocenters. The van der Waals surface area contributed by atoms with Crippen LogP contribution < -0.4 is 5.73 Å². The van der Waals surface area contributed by atoms with E-state index in [0.29, 0.717) is 12.1 Å². The van der Waals surface area contributed by atoms with E-state index in [1.54, 1.807) is 0 Å². The third-order valence-electron chi connectivity index (χ3n) is 5.12. The summed E-state index contributed by atoms with van der Waals surface area (Å²) in [4.78, 5) is 2.17. The van der Waals surface area contributed by atoms with Gasteiger partial charge in [0.2, 0.25) is 0 Å². The van der Waals surface area contributed by atoms with Crippen molar-refractivity contribution in [1.82, 2.24) is 4.90 Å². The van der Waals surface area contributed by atoms with Crippen molar-refractivity contribution in [3.8, 4) is 0 Å². The van der Waals surface area contributed by atoms with Crippen LogP contribution in [0.3, 0.4) is 0 Å². The van der Waals surface area contributed by atoms with E-state index in [1.165, 1.54) is 11.1 Å². The van der Waals surface area contributed by atoms with E-state index in [4.69, 9.17) is 11.1 Å². The molecule has 2 aromatic carbocycles. The number of aryl methyl sites for hydroxylation is 2. The number of hydrogen-bond acceptors (Lipinski definition) is 1. The fourth-order valence-corrected chi connectivity index (χ4v) is 3.88. The van der Waals surface area contributed by atoms with Gasteiger partial charge in [-0.15, -0.1) is 0 Å². The van der Waals surface area contributed by atoms with Gasteiger partial charge in [-0.25, -0.2) is 0 Å². The van der Waals surface area contributed by atoms with Gasteiger partial charge in [-0.3, -0.25) is 5.41 Å². The monoisotopic (exact) mass is 321 g/mol. The molecule has 126 valence electrons. The van der Waals surface area contributed by atoms with Crippen molar-refractivity contribution < 1.29 is 0 Å². The highest BCUT2D eigenvalue weighted by atomic mass is 15.3. The largest absolute Gasteiger partial charge is 0.370 e.